The van der Waals surface area contributed by atoms with E-state index in [1.54, 1.807) is 0 Å². The van der Waals surface area contributed by atoms with Crippen LogP contribution >= 0.6 is 12.6 Å². The molecule has 0 fully saturated rings. The summed E-state index contributed by atoms with van der Waals surface area (Å²) >= 11 is 3.95. The van der Waals surface area contributed by atoms with Gasteiger partial charge in [-0.2, -0.15) is 0 Å². The van der Waals surface area contributed by atoms with Crippen LogP contribution in [0.3, 0.4) is 0 Å². The van der Waals surface area contributed by atoms with Crippen LogP contribution in [0.5, 0.6) is 0 Å². The molecule has 0 aromatic heterocycles. The molecule has 1 aliphatic heterocycles. The first-order chi connectivity index (χ1) is 5.12. The second-order valence-corrected chi connectivity index (χ2v) is 2.48. The zero-order chi connectivity index (χ0) is 8.32. The van der Waals surface area contributed by atoms with Crippen molar-refractivity contribution in [1.82, 2.24) is 0 Å². The highest BCUT2D eigenvalue weighted by Gasteiger charge is 2.21. The lowest BCUT2D eigenvalue weighted by atomic mass is 10.4. The molecule has 0 aliphatic carbocycles. The van der Waals surface area contributed by atoms with Crippen molar-refractivity contribution in [2.75, 3.05) is 0 Å². The molecule has 11 heavy (non-hydrogen) atoms. The van der Waals surface area contributed by atoms with Crippen LogP contribution in [-0.2, 0) is 4.79 Å². The molecule has 0 radical (unpaired) electrons. The molecule has 58 valence electrons. The molecule has 0 saturated carbocycles. The summed E-state index contributed by atoms with van der Waals surface area (Å²) in [6, 6.07) is 0. The zero-order valence-electron chi connectivity index (χ0n) is 5.38. The predicted octanol–water partition coefficient (Wildman–Crippen LogP) is 0.705. The van der Waals surface area contributed by atoms with E-state index in [4.69, 9.17) is 5.11 Å². The van der Waals surface area contributed by atoms with E-state index in [0.29, 0.717) is 0 Å². The van der Waals surface area contributed by atoms with Gasteiger partial charge in [0.1, 0.15) is 6.34 Å². The van der Waals surface area contributed by atoms with Crippen molar-refractivity contribution in [3.05, 3.63) is 12.2 Å². The number of carboxylic acid groups (broad SMARTS) is 1. The van der Waals surface area contributed by atoms with Gasteiger partial charge in [-0.05, 0) is 6.08 Å². The van der Waals surface area contributed by atoms with E-state index in [9.17, 15) is 4.79 Å². The number of azo groups is 1. The van der Waals surface area contributed by atoms with Crippen LogP contribution in [0.15, 0.2) is 27.4 Å². The summed E-state index contributed by atoms with van der Waals surface area (Å²) in [6.07, 6.45) is 3.39. The maximum absolute atomic E-state index is 10.1. The lowest BCUT2D eigenvalue weighted by Gasteiger charge is -2.05. The highest BCUT2D eigenvalue weighted by molar-refractivity contribution is 7.82. The normalized spacial score (nSPS) is 28.5. The molecule has 1 aliphatic rings. The Morgan fingerprint density at radius 3 is 2.91 bits per heavy atom. The number of carbonyl (C=O) groups is 1. The van der Waals surface area contributed by atoms with Crippen LogP contribution < -0.4 is 0 Å². The number of nitrogens with zero attached hydrogens (tertiary/aromatic N) is 3. The van der Waals surface area contributed by atoms with E-state index in [2.05, 4.69) is 27.8 Å². The predicted molar refractivity (Wildman–Crippen MR) is 41.8 cm³/mol. The van der Waals surface area contributed by atoms with Crippen molar-refractivity contribution in [3.8, 4) is 0 Å². The van der Waals surface area contributed by atoms with Gasteiger partial charge in [0.25, 0.3) is 0 Å². The second kappa shape index (κ2) is 2.83. The van der Waals surface area contributed by atoms with Gasteiger partial charge in [-0.1, -0.05) is 0 Å². The van der Waals surface area contributed by atoms with Crippen LogP contribution in [-0.4, -0.2) is 22.4 Å². The van der Waals surface area contributed by atoms with Gasteiger partial charge in [-0.3, -0.25) is 0 Å². The zero-order valence-corrected chi connectivity index (χ0v) is 6.27. The molecule has 6 heteroatoms. The molecule has 0 aromatic carbocycles. The van der Waals surface area contributed by atoms with Gasteiger partial charge in [0.2, 0.25) is 4.99 Å². The molecular weight excluding hydrogens is 166 g/mol. The Hall–Kier alpha value is -1.17. The van der Waals surface area contributed by atoms with Crippen molar-refractivity contribution in [2.24, 2.45) is 15.2 Å². The van der Waals surface area contributed by atoms with Crippen molar-refractivity contribution in [3.63, 3.8) is 0 Å². The molecule has 1 rings (SSSR count). The third kappa shape index (κ3) is 2.15. The lowest BCUT2D eigenvalue weighted by Crippen LogP contribution is -2.08. The van der Waals surface area contributed by atoms with Crippen LogP contribution in [0.1, 0.15) is 0 Å². The van der Waals surface area contributed by atoms with E-state index in [1.807, 2.05) is 0 Å². The minimum absolute atomic E-state index is 0.925. The fraction of sp³-hybridized carbons (Fsp3) is 0.200. The average Bonchev–Trinajstić information content (AvgIpc) is 2.33. The SMILES string of the molecule is O=C(O)/C=C/C1(S)N=CN=N1. The number of hydrogen-bond donors (Lipinski definition) is 2. The van der Waals surface area contributed by atoms with Crippen LogP contribution in [0, 0.1) is 0 Å². The summed E-state index contributed by atoms with van der Waals surface area (Å²) in [6.45, 7) is 0. The topological polar surface area (TPSA) is 74.4 Å². The van der Waals surface area contributed by atoms with Crippen molar-refractivity contribution >= 4 is 24.9 Å². The Morgan fingerprint density at radius 2 is 2.45 bits per heavy atom. The summed E-state index contributed by atoms with van der Waals surface area (Å²) < 4.78 is 0. The third-order valence-electron chi connectivity index (χ3n) is 0.954. The van der Waals surface area contributed by atoms with E-state index in [-0.39, 0.29) is 0 Å². The number of thiol groups is 1. The van der Waals surface area contributed by atoms with E-state index in [0.717, 1.165) is 6.08 Å². The monoisotopic (exact) mass is 171 g/mol. The maximum Gasteiger partial charge on any atom is 0.328 e. The van der Waals surface area contributed by atoms with E-state index < -0.39 is 11.0 Å². The molecular formula is C5H5N3O2S. The standard InChI is InChI=1S/C5H5N3O2S/c9-4(10)1-2-5(11)6-3-7-8-5/h1-3,11H,(H,9,10)/b2-1+. The average molecular weight is 171 g/mol. The fourth-order valence-corrected chi connectivity index (χ4v) is 0.685. The molecule has 1 N–H and O–H groups in total. The highest BCUT2D eigenvalue weighted by atomic mass is 32.1. The lowest BCUT2D eigenvalue weighted by molar-refractivity contribution is -0.131. The van der Waals surface area contributed by atoms with Crippen molar-refractivity contribution in [1.29, 1.82) is 0 Å². The van der Waals surface area contributed by atoms with Gasteiger partial charge in [-0.15, -0.1) is 22.9 Å². The Labute approximate surface area is 68.0 Å². The number of aliphatic imine (C=N–C) groups is 1. The number of aliphatic carboxylic acids is 1. The first-order valence-corrected chi connectivity index (χ1v) is 3.17. The second-order valence-electron chi connectivity index (χ2n) is 1.82. The minimum atomic E-state index is -1.11. The van der Waals surface area contributed by atoms with Gasteiger partial charge < -0.3 is 5.11 Å². The van der Waals surface area contributed by atoms with Gasteiger partial charge in [0, 0.05) is 6.08 Å². The highest BCUT2D eigenvalue weighted by Crippen LogP contribution is 2.23. The summed E-state index contributed by atoms with van der Waals surface area (Å²) in [5.74, 6) is -1.06. The summed E-state index contributed by atoms with van der Waals surface area (Å²) in [5, 5.41) is 15.2. The fourth-order valence-electron chi connectivity index (χ4n) is 0.507. The molecule has 0 saturated heterocycles. The van der Waals surface area contributed by atoms with Crippen molar-refractivity contribution < 1.29 is 9.90 Å². The Morgan fingerprint density at radius 1 is 1.73 bits per heavy atom. The Kier molecular flexibility index (Phi) is 2.04. The van der Waals surface area contributed by atoms with Crippen LogP contribution in [0.4, 0.5) is 0 Å². The van der Waals surface area contributed by atoms with Gasteiger partial charge in [0.05, 0.1) is 0 Å². The number of hydrogen-bond acceptors (Lipinski definition) is 5. The molecule has 0 spiro atoms. The number of rotatable bonds is 2. The van der Waals surface area contributed by atoms with Gasteiger partial charge in [-0.25, -0.2) is 9.79 Å². The molecule has 1 heterocycles. The molecule has 0 bridgehead atoms. The molecule has 0 amide bonds. The summed E-state index contributed by atoms with van der Waals surface area (Å²) in [4.78, 5) is 12.6. The van der Waals surface area contributed by atoms with E-state index >= 15 is 0 Å². The molecule has 0 aromatic rings. The van der Waals surface area contributed by atoms with Crippen LogP contribution in [0.2, 0.25) is 0 Å². The molecule has 1 atom stereocenters. The largest absolute Gasteiger partial charge is 0.478 e. The quantitative estimate of drug-likeness (QED) is 0.474. The third-order valence-corrected chi connectivity index (χ3v) is 1.31. The molecule has 1 unspecified atom stereocenters. The maximum atomic E-state index is 10.1. The number of carboxylic acids is 1. The Bertz CT molecular complexity index is 246. The summed E-state index contributed by atoms with van der Waals surface area (Å²) in [7, 11) is 0. The van der Waals surface area contributed by atoms with Gasteiger partial charge in [0.15, 0.2) is 0 Å². The van der Waals surface area contributed by atoms with E-state index in [1.165, 1.54) is 12.4 Å². The summed E-state index contributed by atoms with van der Waals surface area (Å²) in [5.41, 5.74) is 0. The first-order valence-electron chi connectivity index (χ1n) is 2.73. The van der Waals surface area contributed by atoms with Crippen molar-refractivity contribution in [2.45, 2.75) is 4.99 Å². The smallest absolute Gasteiger partial charge is 0.328 e. The van der Waals surface area contributed by atoms with Gasteiger partial charge >= 0.3 is 5.97 Å². The first kappa shape index (κ1) is 7.93. The molecule has 5 nitrogen and oxygen atoms in total. The van der Waals surface area contributed by atoms with Crippen LogP contribution in [0.25, 0.3) is 0 Å². The Balaban J connectivity index is 2.68. The minimum Gasteiger partial charge on any atom is -0.478 e.